The Bertz CT molecular complexity index is 821. The van der Waals surface area contributed by atoms with Crippen LogP contribution in [0.1, 0.15) is 56.1 Å². The lowest BCUT2D eigenvalue weighted by Gasteiger charge is -2.40. The maximum Gasteiger partial charge on any atom is 0.168 e. The molecule has 0 amide bonds. The van der Waals surface area contributed by atoms with Gasteiger partial charge in [-0.25, -0.2) is 4.68 Å². The maximum atomic E-state index is 5.83. The van der Waals surface area contributed by atoms with Crippen molar-refractivity contribution in [2.24, 2.45) is 5.92 Å². The fraction of sp³-hybridized carbons (Fsp3) is 0.696. The molecule has 2 aliphatic rings. The molecule has 0 N–H and O–H groups in total. The fourth-order valence-corrected chi connectivity index (χ4v) is 4.76. The molecule has 0 aliphatic carbocycles. The molecule has 4 rings (SSSR count). The standard InChI is InChI=1S/C23H36N6O/c1-17(2)14-22(23-24-25-26-29(23)16-20-6-5-13-30-20)28-11-9-27(10-12-28)21-15-18(3)7-8-19(21)4/h7-8,15,17,20,22H,5-6,9-14,16H2,1-4H3/t20-,22+/m1/s1. The lowest BCUT2D eigenvalue weighted by molar-refractivity contribution is 0.0885. The van der Waals surface area contributed by atoms with Crippen molar-refractivity contribution in [1.29, 1.82) is 0 Å². The normalized spacial score (nSPS) is 21.5. The van der Waals surface area contributed by atoms with Crippen LogP contribution in [0.2, 0.25) is 0 Å². The van der Waals surface area contributed by atoms with Crippen LogP contribution in [0.5, 0.6) is 0 Å². The largest absolute Gasteiger partial charge is 0.376 e. The van der Waals surface area contributed by atoms with E-state index in [0.29, 0.717) is 5.92 Å². The van der Waals surface area contributed by atoms with Gasteiger partial charge in [0.25, 0.3) is 0 Å². The number of ether oxygens (including phenoxy) is 1. The van der Waals surface area contributed by atoms with E-state index in [1.165, 1.54) is 16.8 Å². The number of hydrogen-bond acceptors (Lipinski definition) is 6. The maximum absolute atomic E-state index is 5.83. The number of benzene rings is 1. The Kier molecular flexibility index (Phi) is 6.68. The van der Waals surface area contributed by atoms with Crippen LogP contribution in [0.15, 0.2) is 18.2 Å². The second kappa shape index (κ2) is 9.43. The van der Waals surface area contributed by atoms with E-state index in [9.17, 15) is 0 Å². The van der Waals surface area contributed by atoms with Crippen molar-refractivity contribution in [3.05, 3.63) is 35.2 Å². The van der Waals surface area contributed by atoms with Crippen LogP contribution in [-0.4, -0.2) is 64.0 Å². The van der Waals surface area contributed by atoms with Crippen LogP contribution in [0.25, 0.3) is 0 Å². The van der Waals surface area contributed by atoms with Gasteiger partial charge in [-0.1, -0.05) is 26.0 Å². The van der Waals surface area contributed by atoms with E-state index in [2.05, 4.69) is 71.2 Å². The molecule has 0 radical (unpaired) electrons. The number of tetrazole rings is 1. The second-order valence-corrected chi connectivity index (χ2v) is 9.31. The van der Waals surface area contributed by atoms with Gasteiger partial charge in [0.2, 0.25) is 0 Å². The first-order valence-electron chi connectivity index (χ1n) is 11.4. The van der Waals surface area contributed by atoms with E-state index in [4.69, 9.17) is 4.74 Å². The number of anilines is 1. The third-order valence-corrected chi connectivity index (χ3v) is 6.41. The zero-order chi connectivity index (χ0) is 21.1. The highest BCUT2D eigenvalue weighted by atomic mass is 16.5. The summed E-state index contributed by atoms with van der Waals surface area (Å²) in [5, 5.41) is 12.8. The van der Waals surface area contributed by atoms with Gasteiger partial charge in [-0.15, -0.1) is 5.10 Å². The summed E-state index contributed by atoms with van der Waals surface area (Å²) in [4.78, 5) is 5.11. The summed E-state index contributed by atoms with van der Waals surface area (Å²) in [5.74, 6) is 1.58. The molecular weight excluding hydrogens is 376 g/mol. The van der Waals surface area contributed by atoms with E-state index in [1.807, 2.05) is 4.68 Å². The monoisotopic (exact) mass is 412 g/mol. The summed E-state index contributed by atoms with van der Waals surface area (Å²) < 4.78 is 7.83. The summed E-state index contributed by atoms with van der Waals surface area (Å²) in [7, 11) is 0. The Labute approximate surface area is 180 Å². The van der Waals surface area contributed by atoms with Gasteiger partial charge in [-0.05, 0) is 66.6 Å². The van der Waals surface area contributed by atoms with E-state index in [0.717, 1.165) is 64.4 Å². The first kappa shape index (κ1) is 21.2. The van der Waals surface area contributed by atoms with Crippen LogP contribution in [0.3, 0.4) is 0 Å². The van der Waals surface area contributed by atoms with Crippen LogP contribution in [-0.2, 0) is 11.3 Å². The minimum Gasteiger partial charge on any atom is -0.376 e. The van der Waals surface area contributed by atoms with Crippen molar-refractivity contribution in [3.63, 3.8) is 0 Å². The molecule has 30 heavy (non-hydrogen) atoms. The Morgan fingerprint density at radius 2 is 1.93 bits per heavy atom. The van der Waals surface area contributed by atoms with Crippen molar-refractivity contribution < 1.29 is 4.74 Å². The fourth-order valence-electron chi connectivity index (χ4n) is 4.76. The third kappa shape index (κ3) is 4.83. The molecule has 0 spiro atoms. The van der Waals surface area contributed by atoms with E-state index < -0.39 is 0 Å². The lowest BCUT2D eigenvalue weighted by Crippen LogP contribution is -2.48. The highest BCUT2D eigenvalue weighted by molar-refractivity contribution is 5.55. The Morgan fingerprint density at radius 1 is 1.13 bits per heavy atom. The zero-order valence-electron chi connectivity index (χ0n) is 18.9. The summed E-state index contributed by atoms with van der Waals surface area (Å²) in [6.07, 6.45) is 3.55. The smallest absolute Gasteiger partial charge is 0.168 e. The molecule has 0 bridgehead atoms. The molecule has 2 fully saturated rings. The molecule has 164 valence electrons. The van der Waals surface area contributed by atoms with Crippen molar-refractivity contribution in [2.75, 3.05) is 37.7 Å². The minimum absolute atomic E-state index is 0.244. The lowest BCUT2D eigenvalue weighted by atomic mass is 10.0. The SMILES string of the molecule is Cc1ccc(C)c(N2CCN([C@@H](CC(C)C)c3nnnn3C[C@H]3CCCO3)CC2)c1. The van der Waals surface area contributed by atoms with E-state index in [-0.39, 0.29) is 12.1 Å². The molecule has 2 aliphatic heterocycles. The first-order valence-corrected chi connectivity index (χ1v) is 11.4. The summed E-state index contributed by atoms with van der Waals surface area (Å²) in [6.45, 7) is 14.7. The number of hydrogen-bond donors (Lipinski definition) is 0. The summed E-state index contributed by atoms with van der Waals surface area (Å²) in [6, 6.07) is 7.00. The van der Waals surface area contributed by atoms with Crippen LogP contribution >= 0.6 is 0 Å². The van der Waals surface area contributed by atoms with E-state index in [1.54, 1.807) is 0 Å². The van der Waals surface area contributed by atoms with Gasteiger partial charge in [0, 0.05) is 38.5 Å². The molecule has 2 aromatic rings. The van der Waals surface area contributed by atoms with Gasteiger partial charge in [0.1, 0.15) is 0 Å². The highest BCUT2D eigenvalue weighted by Gasteiger charge is 2.31. The number of aromatic nitrogens is 4. The Morgan fingerprint density at radius 3 is 2.63 bits per heavy atom. The molecule has 2 saturated heterocycles. The average Bonchev–Trinajstić information content (AvgIpc) is 3.41. The molecule has 2 atom stereocenters. The quantitative estimate of drug-likeness (QED) is 0.695. The van der Waals surface area contributed by atoms with Gasteiger partial charge < -0.3 is 9.64 Å². The van der Waals surface area contributed by atoms with Gasteiger partial charge in [0.15, 0.2) is 5.82 Å². The number of nitrogens with zero attached hydrogens (tertiary/aromatic N) is 6. The molecule has 1 aromatic heterocycles. The third-order valence-electron chi connectivity index (χ3n) is 6.41. The van der Waals surface area contributed by atoms with Crippen molar-refractivity contribution in [2.45, 2.75) is 65.6 Å². The number of rotatable bonds is 7. The summed E-state index contributed by atoms with van der Waals surface area (Å²) in [5.41, 5.74) is 4.05. The number of aryl methyl sites for hydroxylation is 2. The highest BCUT2D eigenvalue weighted by Crippen LogP contribution is 2.30. The van der Waals surface area contributed by atoms with Crippen molar-refractivity contribution in [3.8, 4) is 0 Å². The predicted octanol–water partition coefficient (Wildman–Crippen LogP) is 3.38. The van der Waals surface area contributed by atoms with Crippen LogP contribution < -0.4 is 4.90 Å². The predicted molar refractivity (Wildman–Crippen MR) is 119 cm³/mol. The first-order chi connectivity index (χ1) is 14.5. The second-order valence-electron chi connectivity index (χ2n) is 9.31. The van der Waals surface area contributed by atoms with Gasteiger partial charge in [-0.3, -0.25) is 4.90 Å². The average molecular weight is 413 g/mol. The molecule has 3 heterocycles. The molecule has 7 heteroatoms. The van der Waals surface area contributed by atoms with Gasteiger partial charge >= 0.3 is 0 Å². The topological polar surface area (TPSA) is 59.3 Å². The zero-order valence-corrected chi connectivity index (χ0v) is 18.9. The van der Waals surface area contributed by atoms with Gasteiger partial charge in [0.05, 0.1) is 18.7 Å². The molecular formula is C23H36N6O. The molecule has 0 unspecified atom stereocenters. The minimum atomic E-state index is 0.244. The van der Waals surface area contributed by atoms with Gasteiger partial charge in [-0.2, -0.15) is 0 Å². The summed E-state index contributed by atoms with van der Waals surface area (Å²) >= 11 is 0. The Balaban J connectivity index is 1.48. The molecule has 7 nitrogen and oxygen atoms in total. The van der Waals surface area contributed by atoms with Crippen LogP contribution in [0, 0.1) is 19.8 Å². The van der Waals surface area contributed by atoms with Crippen molar-refractivity contribution in [1.82, 2.24) is 25.1 Å². The van der Waals surface area contributed by atoms with E-state index >= 15 is 0 Å². The number of piperazine rings is 1. The molecule has 0 saturated carbocycles. The molecule has 1 aromatic carbocycles. The van der Waals surface area contributed by atoms with Crippen LogP contribution in [0.4, 0.5) is 5.69 Å². The Hall–Kier alpha value is -1.99. The van der Waals surface area contributed by atoms with Crippen molar-refractivity contribution >= 4 is 5.69 Å².